The van der Waals surface area contributed by atoms with Gasteiger partial charge in [0.2, 0.25) is 0 Å². The Balaban J connectivity index is 2.15. The van der Waals surface area contributed by atoms with Crippen LogP contribution in [0.3, 0.4) is 0 Å². The highest BCUT2D eigenvalue weighted by atomic mass is 16.6. The second-order valence-corrected chi connectivity index (χ2v) is 12.9. The first-order valence-corrected chi connectivity index (χ1v) is 17.5. The number of carbonyl (C=O) groups excluding carboxylic acids is 2. The van der Waals surface area contributed by atoms with Gasteiger partial charge in [-0.15, -0.1) is 0 Å². The van der Waals surface area contributed by atoms with Crippen LogP contribution in [0.2, 0.25) is 0 Å². The standard InChI is InChI=1S/C36H64O8/c1-4-6-13-19-29(37)23-24-32-31(33(39)25-34(32)40)20-16-17-22-36(42)44-27-30(38)26-43-35(41)21-15-12-10-8-7-9-11-14-18-28(3)5-2/h16-17,23-24,28-34,37-40H,4-15,18-22,25-27H2,1-3H3/b17-16-,24-23+/t28?,29-,30+,31+,32-,33+,34-/m1/s1. The predicted octanol–water partition coefficient (Wildman–Crippen LogP) is 6.57. The molecular weight excluding hydrogens is 560 g/mol. The average molecular weight is 625 g/mol. The molecule has 0 aromatic heterocycles. The van der Waals surface area contributed by atoms with Gasteiger partial charge in [-0.25, -0.2) is 0 Å². The number of esters is 2. The van der Waals surface area contributed by atoms with Crippen LogP contribution in [0.5, 0.6) is 0 Å². The molecule has 4 N–H and O–H groups in total. The summed E-state index contributed by atoms with van der Waals surface area (Å²) in [6, 6.07) is 0. The van der Waals surface area contributed by atoms with E-state index >= 15 is 0 Å². The summed E-state index contributed by atoms with van der Waals surface area (Å²) in [5, 5.41) is 41.0. The van der Waals surface area contributed by atoms with E-state index < -0.39 is 30.4 Å². The number of aliphatic hydroxyl groups excluding tert-OH is 4. The highest BCUT2D eigenvalue weighted by Gasteiger charge is 2.39. The van der Waals surface area contributed by atoms with Crippen molar-refractivity contribution in [3.63, 3.8) is 0 Å². The smallest absolute Gasteiger partial charge is 0.309 e. The van der Waals surface area contributed by atoms with Crippen LogP contribution < -0.4 is 0 Å². The van der Waals surface area contributed by atoms with E-state index in [1.54, 1.807) is 18.2 Å². The minimum absolute atomic E-state index is 0.00654. The monoisotopic (exact) mass is 624 g/mol. The summed E-state index contributed by atoms with van der Waals surface area (Å²) in [5.74, 6) is -0.492. The van der Waals surface area contributed by atoms with Gasteiger partial charge in [0.15, 0.2) is 0 Å². The van der Waals surface area contributed by atoms with E-state index in [9.17, 15) is 30.0 Å². The van der Waals surface area contributed by atoms with Crippen molar-refractivity contribution >= 4 is 11.9 Å². The van der Waals surface area contributed by atoms with Crippen LogP contribution in [0, 0.1) is 17.8 Å². The maximum absolute atomic E-state index is 12.1. The van der Waals surface area contributed by atoms with E-state index in [4.69, 9.17) is 9.47 Å². The van der Waals surface area contributed by atoms with E-state index in [0.29, 0.717) is 19.3 Å². The molecule has 8 nitrogen and oxygen atoms in total. The molecule has 1 rings (SSSR count). The molecule has 0 radical (unpaired) electrons. The van der Waals surface area contributed by atoms with E-state index in [0.717, 1.165) is 44.4 Å². The summed E-state index contributed by atoms with van der Waals surface area (Å²) < 4.78 is 10.2. The van der Waals surface area contributed by atoms with Crippen LogP contribution >= 0.6 is 0 Å². The summed E-state index contributed by atoms with van der Waals surface area (Å²) in [5.41, 5.74) is 0. The number of allylic oxidation sites excluding steroid dienone is 1. The zero-order valence-corrected chi connectivity index (χ0v) is 27.9. The van der Waals surface area contributed by atoms with Crippen molar-refractivity contribution in [3.05, 3.63) is 24.3 Å². The molecular formula is C36H64O8. The van der Waals surface area contributed by atoms with Gasteiger partial charge >= 0.3 is 11.9 Å². The van der Waals surface area contributed by atoms with Gasteiger partial charge in [-0.05, 0) is 31.1 Å². The fourth-order valence-corrected chi connectivity index (χ4v) is 5.68. The molecule has 0 aliphatic heterocycles. The predicted molar refractivity (Wildman–Crippen MR) is 175 cm³/mol. The van der Waals surface area contributed by atoms with Crippen molar-refractivity contribution in [1.29, 1.82) is 0 Å². The molecule has 1 aliphatic carbocycles. The summed E-state index contributed by atoms with van der Waals surface area (Å²) >= 11 is 0. The molecule has 0 saturated heterocycles. The molecule has 0 heterocycles. The second-order valence-electron chi connectivity index (χ2n) is 12.9. The topological polar surface area (TPSA) is 134 Å². The summed E-state index contributed by atoms with van der Waals surface area (Å²) in [6.45, 7) is 6.22. The Bertz CT molecular complexity index is 797. The Kier molecular flexibility index (Phi) is 23.3. The molecule has 7 atom stereocenters. The number of carbonyl (C=O) groups is 2. The minimum Gasteiger partial charge on any atom is -0.463 e. The zero-order valence-electron chi connectivity index (χ0n) is 27.9. The largest absolute Gasteiger partial charge is 0.463 e. The first kappa shape index (κ1) is 40.3. The van der Waals surface area contributed by atoms with Crippen LogP contribution in [0.4, 0.5) is 0 Å². The van der Waals surface area contributed by atoms with Gasteiger partial charge in [0.25, 0.3) is 0 Å². The van der Waals surface area contributed by atoms with Gasteiger partial charge in [0.05, 0.1) is 24.7 Å². The van der Waals surface area contributed by atoms with Crippen molar-refractivity contribution in [1.82, 2.24) is 0 Å². The Morgan fingerprint density at radius 3 is 2.07 bits per heavy atom. The Morgan fingerprint density at radius 2 is 1.41 bits per heavy atom. The van der Waals surface area contributed by atoms with Crippen LogP contribution in [-0.4, -0.2) is 70.0 Å². The lowest BCUT2D eigenvalue weighted by atomic mass is 9.89. The lowest BCUT2D eigenvalue weighted by molar-refractivity contribution is -0.151. The highest BCUT2D eigenvalue weighted by molar-refractivity contribution is 5.71. The molecule has 256 valence electrons. The SMILES string of the molecule is CCCCC[C@@H](O)/C=C/[C@@H]1[C@H](C/C=C\CC(=O)OC[C@@H](O)COC(=O)CCCCCCCCCCC(C)CC)[C@@H](O)C[C@H]1O. The minimum atomic E-state index is -1.08. The summed E-state index contributed by atoms with van der Waals surface area (Å²) in [4.78, 5) is 24.0. The quantitative estimate of drug-likeness (QED) is 0.0482. The van der Waals surface area contributed by atoms with Gasteiger partial charge in [-0.1, -0.05) is 122 Å². The van der Waals surface area contributed by atoms with Crippen molar-refractivity contribution in [2.75, 3.05) is 13.2 Å². The first-order chi connectivity index (χ1) is 21.2. The van der Waals surface area contributed by atoms with Crippen molar-refractivity contribution in [2.45, 2.75) is 161 Å². The molecule has 1 fully saturated rings. The Hall–Kier alpha value is -1.74. The summed E-state index contributed by atoms with van der Waals surface area (Å²) in [7, 11) is 0. The van der Waals surface area contributed by atoms with E-state index in [1.807, 2.05) is 6.08 Å². The lowest BCUT2D eigenvalue weighted by Gasteiger charge is -2.19. The number of hydrogen-bond donors (Lipinski definition) is 4. The van der Waals surface area contributed by atoms with Gasteiger partial charge in [-0.2, -0.15) is 0 Å². The van der Waals surface area contributed by atoms with Gasteiger partial charge in [0.1, 0.15) is 19.3 Å². The van der Waals surface area contributed by atoms with Gasteiger partial charge in [-0.3, -0.25) is 9.59 Å². The molecule has 1 saturated carbocycles. The Labute approximate surface area is 267 Å². The second kappa shape index (κ2) is 25.5. The maximum atomic E-state index is 12.1. The molecule has 0 amide bonds. The third-order valence-corrected chi connectivity index (χ3v) is 8.83. The highest BCUT2D eigenvalue weighted by Crippen LogP contribution is 2.36. The fraction of sp³-hybridized carbons (Fsp3) is 0.833. The summed E-state index contributed by atoms with van der Waals surface area (Å²) in [6.07, 6.45) is 20.7. The molecule has 8 heteroatoms. The van der Waals surface area contributed by atoms with Gasteiger partial charge < -0.3 is 29.9 Å². The van der Waals surface area contributed by atoms with E-state index in [-0.39, 0.29) is 43.9 Å². The number of unbranched alkanes of at least 4 members (excludes halogenated alkanes) is 9. The molecule has 1 unspecified atom stereocenters. The number of aliphatic hydroxyl groups is 4. The third-order valence-electron chi connectivity index (χ3n) is 8.83. The lowest BCUT2D eigenvalue weighted by Crippen LogP contribution is -2.25. The van der Waals surface area contributed by atoms with E-state index in [2.05, 4.69) is 20.8 Å². The van der Waals surface area contributed by atoms with Crippen molar-refractivity contribution in [3.8, 4) is 0 Å². The number of ether oxygens (including phenoxy) is 2. The average Bonchev–Trinajstić information content (AvgIpc) is 3.27. The Morgan fingerprint density at radius 1 is 0.795 bits per heavy atom. The molecule has 0 aromatic rings. The molecule has 44 heavy (non-hydrogen) atoms. The van der Waals surface area contributed by atoms with Crippen molar-refractivity contribution in [2.24, 2.45) is 17.8 Å². The fourth-order valence-electron chi connectivity index (χ4n) is 5.68. The van der Waals surface area contributed by atoms with Crippen molar-refractivity contribution < 1.29 is 39.5 Å². The van der Waals surface area contributed by atoms with Gasteiger partial charge in [0, 0.05) is 18.8 Å². The molecule has 0 aromatic carbocycles. The molecule has 1 aliphatic rings. The normalized spacial score (nSPS) is 22.4. The zero-order chi connectivity index (χ0) is 32.6. The van der Waals surface area contributed by atoms with Crippen LogP contribution in [-0.2, 0) is 19.1 Å². The first-order valence-electron chi connectivity index (χ1n) is 17.5. The third kappa shape index (κ3) is 19.6. The van der Waals surface area contributed by atoms with Crippen LogP contribution in [0.1, 0.15) is 136 Å². The maximum Gasteiger partial charge on any atom is 0.309 e. The van der Waals surface area contributed by atoms with Crippen LogP contribution in [0.25, 0.3) is 0 Å². The van der Waals surface area contributed by atoms with E-state index in [1.165, 1.54) is 44.9 Å². The molecule has 0 bridgehead atoms. The van der Waals surface area contributed by atoms with Crippen LogP contribution in [0.15, 0.2) is 24.3 Å². The number of rotatable bonds is 26. The number of hydrogen-bond acceptors (Lipinski definition) is 8. The molecule has 0 spiro atoms.